The van der Waals surface area contributed by atoms with Crippen molar-refractivity contribution < 1.29 is 0 Å². The van der Waals surface area contributed by atoms with Crippen LogP contribution in [0, 0.1) is 0 Å². The summed E-state index contributed by atoms with van der Waals surface area (Å²) in [6.07, 6.45) is 5.79. The van der Waals surface area contributed by atoms with Gasteiger partial charge in [0, 0.05) is 18.8 Å². The molecule has 0 fully saturated rings. The van der Waals surface area contributed by atoms with Gasteiger partial charge in [0.15, 0.2) is 5.82 Å². The number of nitrogens with zero attached hydrogens (tertiary/aromatic N) is 3. The third kappa shape index (κ3) is 1.77. The first-order valence-corrected chi connectivity index (χ1v) is 5.86. The Morgan fingerprint density at radius 2 is 2.18 bits per heavy atom. The van der Waals surface area contributed by atoms with E-state index in [2.05, 4.69) is 15.1 Å². The zero-order valence-corrected chi connectivity index (χ0v) is 9.73. The van der Waals surface area contributed by atoms with Crippen LogP contribution < -0.4 is 5.56 Å². The van der Waals surface area contributed by atoms with Gasteiger partial charge < -0.3 is 4.98 Å². The molecule has 5 nitrogen and oxygen atoms in total. The second-order valence-electron chi connectivity index (χ2n) is 4.42. The van der Waals surface area contributed by atoms with E-state index in [-0.39, 0.29) is 5.56 Å². The molecule has 88 valence electrons. The summed E-state index contributed by atoms with van der Waals surface area (Å²) in [5.74, 6) is 0.580. The Bertz CT molecular complexity index is 611. The summed E-state index contributed by atoms with van der Waals surface area (Å²) in [6, 6.07) is 1.85. The molecule has 2 aromatic rings. The van der Waals surface area contributed by atoms with Gasteiger partial charge in [-0.25, -0.2) is 4.98 Å². The molecule has 0 bridgehead atoms. The molecule has 1 aliphatic carbocycles. The molecule has 2 aromatic heterocycles. The minimum atomic E-state index is -0.00430. The highest BCUT2D eigenvalue weighted by Crippen LogP contribution is 2.18. The number of hydrogen-bond donors (Lipinski definition) is 1. The zero-order chi connectivity index (χ0) is 11.8. The van der Waals surface area contributed by atoms with Gasteiger partial charge in [0.2, 0.25) is 0 Å². The predicted molar refractivity (Wildman–Crippen MR) is 63.7 cm³/mol. The van der Waals surface area contributed by atoms with Gasteiger partial charge in [-0.1, -0.05) is 0 Å². The molecule has 0 aliphatic heterocycles. The van der Waals surface area contributed by atoms with Gasteiger partial charge in [0.1, 0.15) is 5.69 Å². The van der Waals surface area contributed by atoms with Gasteiger partial charge in [0.25, 0.3) is 5.56 Å². The topological polar surface area (TPSA) is 63.6 Å². The third-order valence-electron chi connectivity index (χ3n) is 3.15. The number of hydrogen-bond acceptors (Lipinski definition) is 3. The van der Waals surface area contributed by atoms with Crippen LogP contribution in [-0.2, 0) is 19.9 Å². The van der Waals surface area contributed by atoms with Gasteiger partial charge >= 0.3 is 0 Å². The van der Waals surface area contributed by atoms with Crippen molar-refractivity contribution >= 4 is 0 Å². The van der Waals surface area contributed by atoms with Crippen molar-refractivity contribution in [1.82, 2.24) is 19.7 Å². The van der Waals surface area contributed by atoms with E-state index in [1.165, 1.54) is 0 Å². The summed E-state index contributed by atoms with van der Waals surface area (Å²) in [6.45, 7) is 0. The van der Waals surface area contributed by atoms with Crippen LogP contribution in [-0.4, -0.2) is 19.7 Å². The minimum Gasteiger partial charge on any atom is -0.305 e. The van der Waals surface area contributed by atoms with Crippen molar-refractivity contribution in [3.63, 3.8) is 0 Å². The molecule has 2 heterocycles. The molecule has 17 heavy (non-hydrogen) atoms. The van der Waals surface area contributed by atoms with Crippen molar-refractivity contribution in [1.29, 1.82) is 0 Å². The maximum Gasteiger partial charge on any atom is 0.254 e. The molecule has 5 heteroatoms. The first kappa shape index (κ1) is 10.3. The lowest BCUT2D eigenvalue weighted by atomic mass is 9.97. The average Bonchev–Trinajstić information content (AvgIpc) is 2.76. The predicted octanol–water partition coefficient (Wildman–Crippen LogP) is 1.05. The van der Waals surface area contributed by atoms with Crippen LogP contribution >= 0.6 is 0 Å². The normalized spacial score (nSPS) is 14.6. The third-order valence-corrected chi connectivity index (χ3v) is 3.15. The van der Waals surface area contributed by atoms with E-state index in [4.69, 9.17) is 0 Å². The van der Waals surface area contributed by atoms with Crippen LogP contribution in [0.5, 0.6) is 0 Å². The average molecular weight is 230 g/mol. The molecule has 0 radical (unpaired) electrons. The molecule has 0 amide bonds. The number of H-pyrrole nitrogens is 1. The van der Waals surface area contributed by atoms with E-state index in [0.29, 0.717) is 5.82 Å². The lowest BCUT2D eigenvalue weighted by molar-refractivity contribution is 0.657. The van der Waals surface area contributed by atoms with Crippen molar-refractivity contribution in [2.75, 3.05) is 0 Å². The summed E-state index contributed by atoms with van der Waals surface area (Å²) in [7, 11) is 1.85. The van der Waals surface area contributed by atoms with E-state index >= 15 is 0 Å². The monoisotopic (exact) mass is 230 g/mol. The maximum absolute atomic E-state index is 11.9. The molecular weight excluding hydrogens is 216 g/mol. The van der Waals surface area contributed by atoms with Gasteiger partial charge in [-0.05, 0) is 31.7 Å². The van der Waals surface area contributed by atoms with Gasteiger partial charge in [0.05, 0.1) is 5.69 Å². The fourth-order valence-corrected chi connectivity index (χ4v) is 2.27. The Balaban J connectivity index is 2.13. The number of aryl methyl sites for hydroxylation is 2. The molecule has 1 N–H and O–H groups in total. The number of fused-ring (bicyclic) bond motifs is 1. The van der Waals surface area contributed by atoms with E-state index in [9.17, 15) is 4.79 Å². The van der Waals surface area contributed by atoms with E-state index in [0.717, 1.165) is 42.6 Å². The van der Waals surface area contributed by atoms with Crippen LogP contribution in [0.4, 0.5) is 0 Å². The summed E-state index contributed by atoms with van der Waals surface area (Å²) in [5.41, 5.74) is 2.52. The van der Waals surface area contributed by atoms with Gasteiger partial charge in [-0.2, -0.15) is 5.10 Å². The Morgan fingerprint density at radius 3 is 2.94 bits per heavy atom. The Hall–Kier alpha value is -1.91. The molecular formula is C12H14N4O. The summed E-state index contributed by atoms with van der Waals surface area (Å²) in [4.78, 5) is 19.3. The standard InChI is InChI=1S/C12H14N4O/c1-16-7-6-10(15-16)11-13-9-5-3-2-4-8(9)12(17)14-11/h6-7H,2-5H2,1H3,(H,13,14,17). The first-order chi connectivity index (χ1) is 8.24. The number of aromatic amines is 1. The lowest BCUT2D eigenvalue weighted by Gasteiger charge is -2.13. The maximum atomic E-state index is 11.9. The SMILES string of the molecule is Cn1ccc(-c2nc3c(c(=O)[nH]2)CCCC3)n1. The Labute approximate surface area is 98.5 Å². The zero-order valence-electron chi connectivity index (χ0n) is 9.73. The quantitative estimate of drug-likeness (QED) is 0.796. The number of nitrogens with one attached hydrogen (secondary N) is 1. The van der Waals surface area contributed by atoms with E-state index in [1.807, 2.05) is 19.3 Å². The number of rotatable bonds is 1. The molecule has 0 unspecified atom stereocenters. The van der Waals surface area contributed by atoms with Crippen LogP contribution in [0.1, 0.15) is 24.1 Å². The number of aromatic nitrogens is 4. The lowest BCUT2D eigenvalue weighted by Crippen LogP contribution is -2.21. The van der Waals surface area contributed by atoms with Gasteiger partial charge in [-0.15, -0.1) is 0 Å². The molecule has 0 aromatic carbocycles. The van der Waals surface area contributed by atoms with Crippen molar-refractivity contribution in [3.8, 4) is 11.5 Å². The Morgan fingerprint density at radius 1 is 1.35 bits per heavy atom. The molecule has 1 aliphatic rings. The van der Waals surface area contributed by atoms with Crippen molar-refractivity contribution in [2.45, 2.75) is 25.7 Å². The molecule has 0 atom stereocenters. The Kier molecular flexibility index (Phi) is 2.31. The van der Waals surface area contributed by atoms with Crippen LogP contribution in [0.25, 0.3) is 11.5 Å². The van der Waals surface area contributed by atoms with Gasteiger partial charge in [-0.3, -0.25) is 9.48 Å². The highest BCUT2D eigenvalue weighted by atomic mass is 16.1. The first-order valence-electron chi connectivity index (χ1n) is 5.86. The smallest absolute Gasteiger partial charge is 0.254 e. The molecule has 3 rings (SSSR count). The van der Waals surface area contributed by atoms with Crippen LogP contribution in [0.15, 0.2) is 17.1 Å². The summed E-state index contributed by atoms with van der Waals surface area (Å²) >= 11 is 0. The van der Waals surface area contributed by atoms with Crippen LogP contribution in [0.2, 0.25) is 0 Å². The fraction of sp³-hybridized carbons (Fsp3) is 0.417. The summed E-state index contributed by atoms with van der Waals surface area (Å²) in [5, 5.41) is 4.25. The second-order valence-corrected chi connectivity index (χ2v) is 4.42. The van der Waals surface area contributed by atoms with E-state index < -0.39 is 0 Å². The highest BCUT2D eigenvalue weighted by Gasteiger charge is 2.16. The molecule has 0 saturated heterocycles. The minimum absolute atomic E-state index is 0.00430. The van der Waals surface area contributed by atoms with E-state index in [1.54, 1.807) is 4.68 Å². The molecule has 0 saturated carbocycles. The van der Waals surface area contributed by atoms with Crippen LogP contribution in [0.3, 0.4) is 0 Å². The highest BCUT2D eigenvalue weighted by molar-refractivity contribution is 5.48. The molecule has 0 spiro atoms. The second kappa shape index (κ2) is 3.84. The van der Waals surface area contributed by atoms with Crippen molar-refractivity contribution in [3.05, 3.63) is 33.9 Å². The largest absolute Gasteiger partial charge is 0.305 e. The fourth-order valence-electron chi connectivity index (χ4n) is 2.27. The van der Waals surface area contributed by atoms with Crippen molar-refractivity contribution in [2.24, 2.45) is 7.05 Å². The summed E-state index contributed by atoms with van der Waals surface area (Å²) < 4.78 is 1.70.